The van der Waals surface area contributed by atoms with Crippen LogP contribution in [0.1, 0.15) is 152 Å². The molecule has 0 amide bonds. The normalized spacial score (nSPS) is 11.7. The minimum absolute atomic E-state index is 0.263. The number of aromatic nitrogens is 8. The Hall–Kier alpha value is -11.4. The van der Waals surface area contributed by atoms with Gasteiger partial charge in [0.15, 0.2) is 23.3 Å². The van der Waals surface area contributed by atoms with Crippen LogP contribution in [0.15, 0.2) is 121 Å². The number of hydrogen-bond donors (Lipinski definition) is 2. The lowest BCUT2D eigenvalue weighted by atomic mass is 9.94. The van der Waals surface area contributed by atoms with Gasteiger partial charge in [0, 0.05) is 54.2 Å². The highest BCUT2D eigenvalue weighted by atomic mass is 16.5. The van der Waals surface area contributed by atoms with E-state index >= 15 is 0 Å². The topological polar surface area (TPSA) is 212 Å². The molecule has 0 atom stereocenters. The summed E-state index contributed by atoms with van der Waals surface area (Å²) in [4.78, 5) is 41.6. The predicted octanol–water partition coefficient (Wildman–Crippen LogP) is 22.4. The molecule has 16 heteroatoms. The highest BCUT2D eigenvalue weighted by Gasteiger charge is 2.34. The lowest BCUT2D eigenvalue weighted by molar-refractivity contribution is 0.305. The van der Waals surface area contributed by atoms with E-state index in [1.165, 1.54) is 0 Å². The number of nitriles is 2. The van der Waals surface area contributed by atoms with E-state index in [2.05, 4.69) is 188 Å². The van der Waals surface area contributed by atoms with Crippen molar-refractivity contribution in [1.29, 1.82) is 10.5 Å². The van der Waals surface area contributed by atoms with Crippen LogP contribution in [0, 0.1) is 50.4 Å². The van der Waals surface area contributed by atoms with Crippen LogP contribution in [0.5, 0.6) is 34.5 Å². The number of fused-ring (bicyclic) bond motifs is 25. The third kappa shape index (κ3) is 12.5. The molecule has 0 saturated heterocycles. The molecule has 16 nitrogen and oxygen atoms in total. The number of benzene rings is 10. The number of rotatable bonds is 24. The zero-order valence-corrected chi connectivity index (χ0v) is 61.3. The number of nitrogens with zero attached hydrogens (tertiary/aromatic N) is 8. The lowest BCUT2D eigenvalue weighted by Crippen LogP contribution is -2.05. The van der Waals surface area contributed by atoms with E-state index in [0.717, 1.165) is 220 Å². The molecule has 2 N–H and O–H groups in total. The molecule has 0 unspecified atom stereocenters. The maximum atomic E-state index is 9.61. The van der Waals surface area contributed by atoms with Gasteiger partial charge in [-0.05, 0) is 110 Å². The minimum atomic E-state index is 0.263. The van der Waals surface area contributed by atoms with Gasteiger partial charge in [0.2, 0.25) is 0 Å². The fourth-order valence-corrected chi connectivity index (χ4v) is 14.7. The molecule has 8 bridgehead atoms. The Morgan fingerprint density at radius 1 is 0.279 bits per heavy atom. The van der Waals surface area contributed by atoms with Gasteiger partial charge in [-0.15, -0.1) is 0 Å². The highest BCUT2D eigenvalue weighted by Crippen LogP contribution is 2.53. The predicted molar refractivity (Wildman–Crippen MR) is 421 cm³/mol. The highest BCUT2D eigenvalue weighted by molar-refractivity contribution is 6.21. The van der Waals surface area contributed by atoms with Gasteiger partial charge in [-0.2, -0.15) is 10.5 Å². The molecule has 0 saturated carbocycles. The second-order valence-electron chi connectivity index (χ2n) is 27.0. The molecule has 2 aliphatic rings. The van der Waals surface area contributed by atoms with Crippen molar-refractivity contribution >= 4 is 98.0 Å². The fourth-order valence-electron chi connectivity index (χ4n) is 14.7. The first-order valence-corrected chi connectivity index (χ1v) is 37.2. The number of aromatic amines is 2. The number of unbranched alkanes of at least 4 members (excludes halogenated alkanes) is 6. The van der Waals surface area contributed by atoms with Crippen molar-refractivity contribution < 1.29 is 28.4 Å². The minimum Gasteiger partial charge on any atom is -0.492 e. The Morgan fingerprint density at radius 3 is 0.798 bits per heavy atom. The van der Waals surface area contributed by atoms with E-state index in [1.54, 1.807) is 0 Å². The fraction of sp³-hybridized carbons (Fsp3) is 0.318. The SMILES string of the molecule is CCCCOc1c(C#N)c(C#N)c(OCCCC)c2ccccc12.CCCCOc1c2c(c(C)c3ccccc13)-c1nc-2nc2[nH]c(nc3nc(nc4[nH]c(n1)c1c(C)c5ccccc5c(OCCCC)c41)-c1c-3c(OCCCC)c3ccccc3c1C)c1c(OCCCC)c3ccccc3c(C)c21. The largest absolute Gasteiger partial charge is 0.492 e. The molecule has 10 aromatic carbocycles. The van der Waals surface area contributed by atoms with E-state index < -0.39 is 0 Å². The molecule has 2 aliphatic heterocycles. The van der Waals surface area contributed by atoms with Gasteiger partial charge in [0.25, 0.3) is 0 Å². The zero-order chi connectivity index (χ0) is 72.1. The van der Waals surface area contributed by atoms with Crippen molar-refractivity contribution in [3.8, 4) is 92.2 Å². The van der Waals surface area contributed by atoms with Crippen molar-refractivity contribution in [2.45, 2.75) is 146 Å². The Morgan fingerprint density at radius 2 is 0.510 bits per heavy atom. The van der Waals surface area contributed by atoms with Gasteiger partial charge in [-0.1, -0.05) is 201 Å². The Balaban J connectivity index is 0.000000323. The maximum Gasteiger partial charge on any atom is 0.168 e. The standard InChI is InChI=1S/C68H66N8O4.C20H22N2O2/c1-9-13-33-77-57-45-29-21-17-25-41(45)37(5)49-53(57)65-70-61(49)69-62-50-38(6)42-26-18-22-30-46(42)58(78-34-14-10-2)54(50)66(71-62)73-64-52-40(8)44-28-20-24-32-48(44)60(80-36-16-12-4)56(52)68(75-64)76-67-55-51(63(72-65)74-67)39(7)43-27-19-23-31-47(43)59(55)79-35-15-11-3;1-3-5-11-23-19-15-9-7-8-10-16(15)20(24-12-6-4-2)18(14-22)17(19)13-21/h17-32H,9-16,33-36H2,1-8H3,(H2,69,70,71,72,73,74,75,76);7-10H,3-6,11-12H2,1-2H3. The zero-order valence-electron chi connectivity index (χ0n) is 61.3. The molecule has 13 aromatic rings. The summed E-state index contributed by atoms with van der Waals surface area (Å²) >= 11 is 0. The molecule has 5 heterocycles. The number of hydrogen-bond acceptors (Lipinski definition) is 14. The summed E-state index contributed by atoms with van der Waals surface area (Å²) < 4.78 is 39.7. The summed E-state index contributed by atoms with van der Waals surface area (Å²) in [6, 6.07) is 45.7. The quantitative estimate of drug-likeness (QED) is 0.0539. The summed E-state index contributed by atoms with van der Waals surface area (Å²) in [7, 11) is 0. The molecular weight excluding hydrogens is 1290 g/mol. The maximum absolute atomic E-state index is 9.61. The third-order valence-electron chi connectivity index (χ3n) is 20.1. The second kappa shape index (κ2) is 30.7. The molecular formula is C88H88N10O6. The molecule has 3 aromatic heterocycles. The summed E-state index contributed by atoms with van der Waals surface area (Å²) in [6.45, 7) is 24.7. The van der Waals surface area contributed by atoms with Crippen LogP contribution in [0.2, 0.25) is 0 Å². The average Bonchev–Trinajstić information content (AvgIpc) is 1.45. The summed E-state index contributed by atoms with van der Waals surface area (Å²) in [5, 5.41) is 32.4. The van der Waals surface area contributed by atoms with Crippen LogP contribution < -0.4 is 28.4 Å². The van der Waals surface area contributed by atoms with E-state index in [9.17, 15) is 10.5 Å². The van der Waals surface area contributed by atoms with Gasteiger partial charge in [0.05, 0.1) is 61.5 Å². The number of nitrogens with one attached hydrogen (secondary N) is 2. The molecule has 0 fully saturated rings. The monoisotopic (exact) mass is 1380 g/mol. The smallest absolute Gasteiger partial charge is 0.168 e. The number of ether oxygens (including phenoxy) is 6. The lowest BCUT2D eigenvalue weighted by Gasteiger charge is -2.17. The summed E-state index contributed by atoms with van der Waals surface area (Å²) in [5.41, 5.74) is 10.2. The molecule has 0 radical (unpaired) electrons. The van der Waals surface area contributed by atoms with Gasteiger partial charge in [-0.25, -0.2) is 29.9 Å². The second-order valence-corrected chi connectivity index (χ2v) is 27.0. The molecule has 104 heavy (non-hydrogen) atoms. The van der Waals surface area contributed by atoms with E-state index in [0.29, 0.717) is 97.0 Å². The van der Waals surface area contributed by atoms with Crippen LogP contribution in [-0.2, 0) is 0 Å². The van der Waals surface area contributed by atoms with Crippen molar-refractivity contribution in [1.82, 2.24) is 39.9 Å². The van der Waals surface area contributed by atoms with E-state index in [4.69, 9.17) is 58.3 Å². The Labute approximate surface area is 606 Å². The van der Waals surface area contributed by atoms with Crippen molar-refractivity contribution in [2.75, 3.05) is 39.6 Å². The van der Waals surface area contributed by atoms with Gasteiger partial charge >= 0.3 is 0 Å². The summed E-state index contributed by atoms with van der Waals surface area (Å²) in [6.07, 6.45) is 11.2. The van der Waals surface area contributed by atoms with Crippen LogP contribution >= 0.6 is 0 Å². The molecule has 0 aliphatic carbocycles. The first kappa shape index (κ1) is 69.7. The van der Waals surface area contributed by atoms with E-state index in [-0.39, 0.29) is 11.1 Å². The Bertz CT molecular complexity index is 5720. The molecule has 0 spiro atoms. The van der Waals surface area contributed by atoms with Crippen LogP contribution in [0.4, 0.5) is 0 Å². The summed E-state index contributed by atoms with van der Waals surface area (Å²) in [5.74, 6) is 5.82. The number of aryl methyl sites for hydroxylation is 4. The first-order chi connectivity index (χ1) is 51.0. The van der Waals surface area contributed by atoms with Gasteiger partial charge < -0.3 is 38.4 Å². The molecule has 526 valence electrons. The average molecular weight is 1380 g/mol. The van der Waals surface area contributed by atoms with Crippen LogP contribution in [0.25, 0.3) is 144 Å². The van der Waals surface area contributed by atoms with Gasteiger partial charge in [0.1, 0.15) is 80.4 Å². The van der Waals surface area contributed by atoms with Crippen molar-refractivity contribution in [3.63, 3.8) is 0 Å². The molecule has 15 rings (SSSR count). The van der Waals surface area contributed by atoms with Crippen LogP contribution in [-0.4, -0.2) is 79.5 Å². The van der Waals surface area contributed by atoms with Crippen molar-refractivity contribution in [2.24, 2.45) is 0 Å². The Kier molecular flexibility index (Phi) is 20.6. The third-order valence-corrected chi connectivity index (χ3v) is 20.1. The first-order valence-electron chi connectivity index (χ1n) is 37.2. The van der Waals surface area contributed by atoms with E-state index in [1.807, 2.05) is 24.3 Å². The van der Waals surface area contributed by atoms with Crippen LogP contribution in [0.3, 0.4) is 0 Å². The van der Waals surface area contributed by atoms with Gasteiger partial charge in [-0.3, -0.25) is 0 Å². The number of H-pyrrole nitrogens is 2. The van der Waals surface area contributed by atoms with Crippen molar-refractivity contribution in [3.05, 3.63) is 155 Å².